The van der Waals surface area contributed by atoms with Crippen LogP contribution in [0.4, 0.5) is 5.69 Å². The molecule has 18 heavy (non-hydrogen) atoms. The minimum atomic E-state index is -0.321. The first-order chi connectivity index (χ1) is 8.65. The Hall–Kier alpha value is -2.61. The van der Waals surface area contributed by atoms with E-state index in [2.05, 4.69) is 17.2 Å². The van der Waals surface area contributed by atoms with E-state index in [0.29, 0.717) is 12.2 Å². The number of nitrogens with one attached hydrogen (secondary N) is 2. The summed E-state index contributed by atoms with van der Waals surface area (Å²) in [5, 5.41) is 13.6. The highest BCUT2D eigenvalue weighted by Gasteiger charge is 2.01. The van der Waals surface area contributed by atoms with E-state index < -0.39 is 0 Å². The maximum atomic E-state index is 11.1. The molecule has 0 bridgehead atoms. The van der Waals surface area contributed by atoms with Gasteiger partial charge in [-0.2, -0.15) is 5.26 Å². The zero-order chi connectivity index (χ0) is 13.4. The summed E-state index contributed by atoms with van der Waals surface area (Å²) in [6.45, 7) is 3.68. The minimum Gasteiger partial charge on any atom is -0.351 e. The van der Waals surface area contributed by atoms with E-state index in [1.807, 2.05) is 6.07 Å². The average molecular weight is 243 g/mol. The number of carbonyl (C=O) groups excluding carboxylic acids is 2. The van der Waals surface area contributed by atoms with E-state index >= 15 is 0 Å². The summed E-state index contributed by atoms with van der Waals surface area (Å²) in [4.78, 5) is 22.2. The predicted molar refractivity (Wildman–Crippen MR) is 67.3 cm³/mol. The van der Waals surface area contributed by atoms with Crippen LogP contribution in [0.5, 0.6) is 0 Å². The second-order valence-electron chi connectivity index (χ2n) is 3.51. The third-order valence-corrected chi connectivity index (χ3v) is 2.11. The molecule has 0 spiro atoms. The van der Waals surface area contributed by atoms with Gasteiger partial charge >= 0.3 is 0 Å². The van der Waals surface area contributed by atoms with E-state index in [-0.39, 0.29) is 18.2 Å². The molecule has 0 aliphatic rings. The number of benzene rings is 1. The molecule has 92 valence electrons. The molecular weight excluding hydrogens is 230 g/mol. The lowest BCUT2D eigenvalue weighted by Crippen LogP contribution is -2.21. The van der Waals surface area contributed by atoms with Crippen molar-refractivity contribution >= 4 is 17.5 Å². The van der Waals surface area contributed by atoms with Gasteiger partial charge in [-0.25, -0.2) is 0 Å². The molecule has 0 aliphatic carbocycles. The highest BCUT2D eigenvalue weighted by molar-refractivity contribution is 5.98. The molecule has 1 rings (SSSR count). The fraction of sp³-hybridized carbons (Fsp3) is 0.154. The van der Waals surface area contributed by atoms with E-state index in [4.69, 9.17) is 5.26 Å². The van der Waals surface area contributed by atoms with E-state index in [9.17, 15) is 9.59 Å². The van der Waals surface area contributed by atoms with Gasteiger partial charge in [0.1, 0.15) is 6.42 Å². The van der Waals surface area contributed by atoms with Crippen LogP contribution in [0, 0.1) is 11.3 Å². The molecule has 1 aromatic carbocycles. The molecule has 0 saturated carbocycles. The first-order valence-corrected chi connectivity index (χ1v) is 5.31. The lowest BCUT2D eigenvalue weighted by atomic mass is 10.2. The van der Waals surface area contributed by atoms with E-state index in [0.717, 1.165) is 5.56 Å². The Morgan fingerprint density at radius 1 is 1.44 bits per heavy atom. The Labute approximate surface area is 105 Å². The van der Waals surface area contributed by atoms with E-state index in [1.165, 1.54) is 6.08 Å². The zero-order valence-electron chi connectivity index (χ0n) is 9.77. The third kappa shape index (κ3) is 4.49. The first kappa shape index (κ1) is 13.5. The van der Waals surface area contributed by atoms with Crippen molar-refractivity contribution in [2.75, 3.05) is 5.32 Å². The van der Waals surface area contributed by atoms with Crippen LogP contribution in [0.2, 0.25) is 0 Å². The maximum absolute atomic E-state index is 11.1. The Bertz CT molecular complexity index is 503. The zero-order valence-corrected chi connectivity index (χ0v) is 9.77. The summed E-state index contributed by atoms with van der Waals surface area (Å²) in [5.74, 6) is -0.612. The number of rotatable bonds is 5. The van der Waals surface area contributed by atoms with Crippen molar-refractivity contribution in [2.45, 2.75) is 13.0 Å². The van der Waals surface area contributed by atoms with Crippen molar-refractivity contribution in [1.29, 1.82) is 5.26 Å². The molecule has 2 amide bonds. The van der Waals surface area contributed by atoms with Crippen LogP contribution in [0.1, 0.15) is 12.0 Å². The highest BCUT2D eigenvalue weighted by Crippen LogP contribution is 2.10. The molecule has 2 N–H and O–H groups in total. The topological polar surface area (TPSA) is 82.0 Å². The molecule has 0 saturated heterocycles. The quantitative estimate of drug-likeness (QED) is 0.765. The van der Waals surface area contributed by atoms with Gasteiger partial charge < -0.3 is 10.6 Å². The molecule has 0 radical (unpaired) electrons. The van der Waals surface area contributed by atoms with Crippen molar-refractivity contribution in [3.63, 3.8) is 0 Å². The normalized spacial score (nSPS) is 9.06. The molecule has 0 unspecified atom stereocenters. The summed E-state index contributed by atoms with van der Waals surface area (Å²) < 4.78 is 0. The largest absolute Gasteiger partial charge is 0.351 e. The fourth-order valence-electron chi connectivity index (χ4n) is 1.29. The third-order valence-electron chi connectivity index (χ3n) is 2.11. The Morgan fingerprint density at radius 3 is 2.89 bits per heavy atom. The summed E-state index contributed by atoms with van der Waals surface area (Å²) >= 11 is 0. The average Bonchev–Trinajstić information content (AvgIpc) is 2.37. The molecule has 5 nitrogen and oxygen atoms in total. The van der Waals surface area contributed by atoms with Gasteiger partial charge in [-0.15, -0.1) is 0 Å². The summed E-state index contributed by atoms with van der Waals surface area (Å²) in [7, 11) is 0. The minimum absolute atomic E-state index is 0.160. The monoisotopic (exact) mass is 243 g/mol. The Balaban J connectivity index is 2.60. The smallest absolute Gasteiger partial charge is 0.247 e. The number of hydrogen-bond donors (Lipinski definition) is 2. The predicted octanol–water partition coefficient (Wildman–Crippen LogP) is 1.34. The number of hydrogen-bond acceptors (Lipinski definition) is 3. The molecule has 1 aromatic rings. The molecular formula is C13H13N3O2. The van der Waals surface area contributed by atoms with Gasteiger partial charge in [-0.1, -0.05) is 18.7 Å². The highest BCUT2D eigenvalue weighted by atomic mass is 16.2. The number of nitriles is 1. The van der Waals surface area contributed by atoms with Crippen molar-refractivity contribution in [2.24, 2.45) is 0 Å². The van der Waals surface area contributed by atoms with Crippen molar-refractivity contribution in [3.8, 4) is 6.07 Å². The molecule has 0 fully saturated rings. The Kier molecular flexibility index (Phi) is 5.13. The molecule has 0 aromatic heterocycles. The molecule has 0 atom stereocenters. The van der Waals surface area contributed by atoms with Gasteiger partial charge in [0.05, 0.1) is 6.07 Å². The van der Waals surface area contributed by atoms with E-state index in [1.54, 1.807) is 24.3 Å². The van der Waals surface area contributed by atoms with Crippen LogP contribution in [0.3, 0.4) is 0 Å². The molecule has 0 heterocycles. The van der Waals surface area contributed by atoms with Crippen LogP contribution in [-0.2, 0) is 16.1 Å². The fourth-order valence-corrected chi connectivity index (χ4v) is 1.29. The SMILES string of the molecule is C=CC(=O)Nc1cccc(CNC(=O)CC#N)c1. The summed E-state index contributed by atoms with van der Waals surface area (Å²) in [6.07, 6.45) is 1.02. The number of carbonyl (C=O) groups is 2. The van der Waals surface area contributed by atoms with Gasteiger partial charge in [0, 0.05) is 12.2 Å². The molecule has 5 heteroatoms. The lowest BCUT2D eigenvalue weighted by Gasteiger charge is -2.06. The summed E-state index contributed by atoms with van der Waals surface area (Å²) in [6, 6.07) is 8.83. The van der Waals surface area contributed by atoms with Crippen LogP contribution >= 0.6 is 0 Å². The standard InChI is InChI=1S/C13H13N3O2/c1-2-12(17)16-11-5-3-4-10(8-11)9-15-13(18)6-7-14/h2-5,8H,1,6,9H2,(H,15,18)(H,16,17). The Morgan fingerprint density at radius 2 is 2.22 bits per heavy atom. The van der Waals surface area contributed by atoms with Crippen LogP contribution in [0.15, 0.2) is 36.9 Å². The number of anilines is 1. The second kappa shape index (κ2) is 6.86. The second-order valence-corrected chi connectivity index (χ2v) is 3.51. The summed E-state index contributed by atoms with van der Waals surface area (Å²) in [5.41, 5.74) is 1.47. The van der Waals surface area contributed by atoms with Gasteiger partial charge in [-0.05, 0) is 23.8 Å². The van der Waals surface area contributed by atoms with Gasteiger partial charge in [-0.3, -0.25) is 9.59 Å². The van der Waals surface area contributed by atoms with Crippen molar-refractivity contribution in [1.82, 2.24) is 5.32 Å². The van der Waals surface area contributed by atoms with Crippen LogP contribution < -0.4 is 10.6 Å². The maximum Gasteiger partial charge on any atom is 0.247 e. The van der Waals surface area contributed by atoms with Gasteiger partial charge in [0.2, 0.25) is 11.8 Å². The van der Waals surface area contributed by atoms with Crippen molar-refractivity contribution < 1.29 is 9.59 Å². The number of nitrogens with zero attached hydrogens (tertiary/aromatic N) is 1. The number of amides is 2. The van der Waals surface area contributed by atoms with Gasteiger partial charge in [0.25, 0.3) is 0 Å². The van der Waals surface area contributed by atoms with Gasteiger partial charge in [0.15, 0.2) is 0 Å². The van der Waals surface area contributed by atoms with Crippen LogP contribution in [-0.4, -0.2) is 11.8 Å². The van der Waals surface area contributed by atoms with Crippen molar-refractivity contribution in [3.05, 3.63) is 42.5 Å². The van der Waals surface area contributed by atoms with Crippen LogP contribution in [0.25, 0.3) is 0 Å². The molecule has 0 aliphatic heterocycles. The first-order valence-electron chi connectivity index (χ1n) is 5.31. The lowest BCUT2D eigenvalue weighted by molar-refractivity contribution is -0.120.